The summed E-state index contributed by atoms with van der Waals surface area (Å²) in [6, 6.07) is 15.5. The van der Waals surface area contributed by atoms with Crippen molar-refractivity contribution < 1.29 is 14.3 Å². The van der Waals surface area contributed by atoms with Gasteiger partial charge in [-0.15, -0.1) is 5.10 Å². The molecule has 0 aliphatic carbocycles. The number of carboxylic acid groups (broad SMARTS) is 1. The first-order chi connectivity index (χ1) is 15.0. The van der Waals surface area contributed by atoms with Crippen LogP contribution < -0.4 is 0 Å². The van der Waals surface area contributed by atoms with Gasteiger partial charge in [0.1, 0.15) is 11.3 Å². The molecule has 8 heteroatoms. The minimum absolute atomic E-state index is 0.167. The van der Waals surface area contributed by atoms with E-state index in [1.165, 1.54) is 6.07 Å². The first kappa shape index (κ1) is 18.8. The van der Waals surface area contributed by atoms with Gasteiger partial charge in [0.25, 0.3) is 0 Å². The molecule has 1 N–H and O–H groups in total. The highest BCUT2D eigenvalue weighted by molar-refractivity contribution is 5.90. The summed E-state index contributed by atoms with van der Waals surface area (Å²) >= 11 is 0. The van der Waals surface area contributed by atoms with Gasteiger partial charge in [0.05, 0.1) is 23.3 Å². The zero-order valence-corrected chi connectivity index (χ0v) is 16.5. The number of aromatic carboxylic acids is 1. The molecule has 0 aliphatic heterocycles. The van der Waals surface area contributed by atoms with Gasteiger partial charge in [-0.2, -0.15) is 0 Å². The predicted octanol–water partition coefficient (Wildman–Crippen LogP) is 4.24. The zero-order chi connectivity index (χ0) is 21.5. The molecule has 152 valence electrons. The van der Waals surface area contributed by atoms with Crippen molar-refractivity contribution in [2.75, 3.05) is 0 Å². The average molecular weight is 413 g/mol. The smallest absolute Gasteiger partial charge is 0.335 e. The molecule has 5 rings (SSSR count). The number of halogens is 1. The van der Waals surface area contributed by atoms with Crippen molar-refractivity contribution in [1.29, 1.82) is 0 Å². The zero-order valence-electron chi connectivity index (χ0n) is 16.5. The van der Waals surface area contributed by atoms with Crippen molar-refractivity contribution in [3.63, 3.8) is 0 Å². The molecular formula is C23H16FN5O2. The maximum absolute atomic E-state index is 14.6. The van der Waals surface area contributed by atoms with E-state index >= 15 is 0 Å². The van der Waals surface area contributed by atoms with Gasteiger partial charge in [0.2, 0.25) is 0 Å². The van der Waals surface area contributed by atoms with Crippen LogP contribution in [-0.4, -0.2) is 36.0 Å². The van der Waals surface area contributed by atoms with Crippen LogP contribution in [0.15, 0.2) is 60.8 Å². The lowest BCUT2D eigenvalue weighted by atomic mass is 10.0. The molecule has 5 aromatic rings. The molecule has 0 amide bonds. The number of aromatic nitrogens is 5. The maximum Gasteiger partial charge on any atom is 0.335 e. The fraction of sp³-hybridized carbons (Fsp3) is 0.0870. The Kier molecular flexibility index (Phi) is 4.39. The normalized spacial score (nSPS) is 11.3. The predicted molar refractivity (Wildman–Crippen MR) is 113 cm³/mol. The monoisotopic (exact) mass is 413 g/mol. The summed E-state index contributed by atoms with van der Waals surface area (Å²) in [4.78, 5) is 20.1. The third-order valence-electron chi connectivity index (χ3n) is 5.20. The Morgan fingerprint density at radius 2 is 1.97 bits per heavy atom. The van der Waals surface area contributed by atoms with E-state index in [0.717, 1.165) is 10.9 Å². The Hall–Kier alpha value is -4.20. The maximum atomic E-state index is 14.6. The van der Waals surface area contributed by atoms with Crippen LogP contribution in [0.4, 0.5) is 4.39 Å². The van der Waals surface area contributed by atoms with E-state index in [9.17, 15) is 14.3 Å². The van der Waals surface area contributed by atoms with Crippen LogP contribution in [-0.2, 0) is 6.54 Å². The van der Waals surface area contributed by atoms with Gasteiger partial charge in [0, 0.05) is 28.8 Å². The summed E-state index contributed by atoms with van der Waals surface area (Å²) in [5.74, 6) is -1.34. The number of nitrogens with zero attached hydrogens (tertiary/aromatic N) is 5. The van der Waals surface area contributed by atoms with Crippen LogP contribution in [0.3, 0.4) is 0 Å². The highest BCUT2D eigenvalue weighted by Crippen LogP contribution is 2.24. The number of benzene rings is 2. The Morgan fingerprint density at radius 1 is 1.10 bits per heavy atom. The number of hydrogen-bond acceptors (Lipinski definition) is 5. The van der Waals surface area contributed by atoms with Gasteiger partial charge in [-0.1, -0.05) is 17.3 Å². The molecule has 3 heterocycles. The highest BCUT2D eigenvalue weighted by Gasteiger charge is 2.14. The van der Waals surface area contributed by atoms with Crippen molar-refractivity contribution in [1.82, 2.24) is 25.0 Å². The summed E-state index contributed by atoms with van der Waals surface area (Å²) in [7, 11) is 0. The highest BCUT2D eigenvalue weighted by atomic mass is 19.1. The number of pyridine rings is 2. The van der Waals surface area contributed by atoms with Crippen LogP contribution in [0.25, 0.3) is 33.3 Å². The minimum Gasteiger partial charge on any atom is -0.478 e. The van der Waals surface area contributed by atoms with Gasteiger partial charge >= 0.3 is 5.97 Å². The van der Waals surface area contributed by atoms with Crippen molar-refractivity contribution in [2.24, 2.45) is 0 Å². The quantitative estimate of drug-likeness (QED) is 0.474. The SMILES string of the molecule is Cc1cc(-c2ccc3nnn(Cc4cc5cccnc5cc4F)c3n2)ccc1C(=O)O. The summed E-state index contributed by atoms with van der Waals surface area (Å²) in [6.45, 7) is 1.91. The van der Waals surface area contributed by atoms with Crippen LogP contribution in [0, 0.1) is 12.7 Å². The third-order valence-corrected chi connectivity index (χ3v) is 5.20. The van der Waals surface area contributed by atoms with Gasteiger partial charge in [-0.25, -0.2) is 18.9 Å². The van der Waals surface area contributed by atoms with E-state index in [2.05, 4.69) is 20.3 Å². The molecule has 7 nitrogen and oxygen atoms in total. The topological polar surface area (TPSA) is 93.8 Å². The van der Waals surface area contributed by atoms with Gasteiger partial charge in [-0.05, 0) is 48.9 Å². The summed E-state index contributed by atoms with van der Waals surface area (Å²) in [5, 5.41) is 18.4. The summed E-state index contributed by atoms with van der Waals surface area (Å²) < 4.78 is 16.2. The number of fused-ring (bicyclic) bond motifs is 2. The van der Waals surface area contributed by atoms with E-state index in [0.29, 0.717) is 33.5 Å². The minimum atomic E-state index is -0.970. The molecule has 0 radical (unpaired) electrons. The van der Waals surface area contributed by atoms with Crippen LogP contribution >= 0.6 is 0 Å². The molecule has 0 unspecified atom stereocenters. The van der Waals surface area contributed by atoms with E-state index in [4.69, 9.17) is 0 Å². The second-order valence-corrected chi connectivity index (χ2v) is 7.26. The standard InChI is InChI=1S/C23H16FN5O2/c1-13-9-15(4-5-17(13)23(30)31)19-6-7-20-22(26-19)29(28-27-20)12-16-10-14-3-2-8-25-21(14)11-18(16)24/h2-11H,12H2,1H3,(H,30,31). The molecule has 0 bridgehead atoms. The Bertz CT molecular complexity index is 1480. The molecule has 0 saturated carbocycles. The van der Waals surface area contributed by atoms with Gasteiger partial charge < -0.3 is 5.11 Å². The first-order valence-corrected chi connectivity index (χ1v) is 9.57. The van der Waals surface area contributed by atoms with E-state index < -0.39 is 5.97 Å². The van der Waals surface area contributed by atoms with Gasteiger partial charge in [-0.3, -0.25) is 4.98 Å². The number of rotatable bonds is 4. The number of hydrogen-bond donors (Lipinski definition) is 1. The number of aryl methyl sites for hydroxylation is 1. The molecule has 3 aromatic heterocycles. The number of carbonyl (C=O) groups is 1. The van der Waals surface area contributed by atoms with Crippen LogP contribution in [0.5, 0.6) is 0 Å². The fourth-order valence-corrected chi connectivity index (χ4v) is 3.61. The largest absolute Gasteiger partial charge is 0.478 e. The Balaban J connectivity index is 1.55. The summed E-state index contributed by atoms with van der Waals surface area (Å²) in [6.07, 6.45) is 1.63. The Labute approximate surface area is 175 Å². The van der Waals surface area contributed by atoms with E-state index in [-0.39, 0.29) is 17.9 Å². The lowest BCUT2D eigenvalue weighted by Gasteiger charge is -2.08. The summed E-state index contributed by atoms with van der Waals surface area (Å²) in [5.41, 5.74) is 4.48. The van der Waals surface area contributed by atoms with Crippen molar-refractivity contribution >= 4 is 28.0 Å². The third kappa shape index (κ3) is 3.38. The number of carboxylic acids is 1. The van der Waals surface area contributed by atoms with E-state index in [1.54, 1.807) is 60.3 Å². The van der Waals surface area contributed by atoms with Crippen molar-refractivity contribution in [2.45, 2.75) is 13.5 Å². The Morgan fingerprint density at radius 3 is 2.77 bits per heavy atom. The lowest BCUT2D eigenvalue weighted by Crippen LogP contribution is -2.05. The molecule has 0 atom stereocenters. The average Bonchev–Trinajstić information content (AvgIpc) is 3.16. The molecule has 0 spiro atoms. The second-order valence-electron chi connectivity index (χ2n) is 7.26. The fourth-order valence-electron chi connectivity index (χ4n) is 3.61. The van der Waals surface area contributed by atoms with Gasteiger partial charge in [0.15, 0.2) is 5.65 Å². The molecular weight excluding hydrogens is 397 g/mol. The molecule has 2 aromatic carbocycles. The second kappa shape index (κ2) is 7.24. The molecule has 0 aliphatic rings. The first-order valence-electron chi connectivity index (χ1n) is 9.57. The van der Waals surface area contributed by atoms with E-state index in [1.807, 2.05) is 6.07 Å². The molecule has 0 fully saturated rings. The molecule has 31 heavy (non-hydrogen) atoms. The lowest BCUT2D eigenvalue weighted by molar-refractivity contribution is 0.0696. The molecule has 0 saturated heterocycles. The van der Waals surface area contributed by atoms with Crippen LogP contribution in [0.1, 0.15) is 21.5 Å². The van der Waals surface area contributed by atoms with Crippen LogP contribution in [0.2, 0.25) is 0 Å². The van der Waals surface area contributed by atoms with Crippen molar-refractivity contribution in [3.05, 3.63) is 83.3 Å². The van der Waals surface area contributed by atoms with Crippen molar-refractivity contribution in [3.8, 4) is 11.3 Å².